The fourth-order valence-corrected chi connectivity index (χ4v) is 1.38. The van der Waals surface area contributed by atoms with Crippen LogP contribution in [-0.4, -0.2) is 36.3 Å². The van der Waals surface area contributed by atoms with Gasteiger partial charge in [-0.25, -0.2) is 4.98 Å². The molecule has 5 heteroatoms. The van der Waals surface area contributed by atoms with E-state index in [0.29, 0.717) is 12.0 Å². The largest absolute Gasteiger partial charge is 0.385 e. The summed E-state index contributed by atoms with van der Waals surface area (Å²) in [6, 6.07) is 2.52. The third-order valence-electron chi connectivity index (χ3n) is 2.39. The topological polar surface area (TPSA) is 59.1 Å². The van der Waals surface area contributed by atoms with Crippen LogP contribution in [0.15, 0.2) is 12.3 Å². The summed E-state index contributed by atoms with van der Waals surface area (Å²) in [5.41, 5.74) is 0. The Hall–Kier alpha value is -1.36. The van der Waals surface area contributed by atoms with Crippen LogP contribution in [0.25, 0.3) is 0 Å². The molecular weight excluding hydrogens is 204 g/mol. The number of nitrogens with zero attached hydrogens (tertiary/aromatic N) is 2. The van der Waals surface area contributed by atoms with E-state index in [0.717, 1.165) is 25.4 Å². The predicted molar refractivity (Wildman–Crippen MR) is 63.7 cm³/mol. The molecule has 0 aromatic carbocycles. The van der Waals surface area contributed by atoms with Crippen LogP contribution in [-0.2, 0) is 4.74 Å². The smallest absolute Gasteiger partial charge is 0.224 e. The predicted octanol–water partition coefficient (Wildman–Crippen LogP) is 1.50. The molecule has 2 rings (SSSR count). The molecule has 0 unspecified atom stereocenters. The first-order chi connectivity index (χ1) is 7.88. The van der Waals surface area contributed by atoms with Crippen molar-refractivity contribution < 1.29 is 4.74 Å². The standard InChI is InChI=1S/C11H18N4O/c1-16-8-2-6-12-11-13-7-5-10(15-11)14-9-3-4-9/h5,7,9H,2-4,6,8H2,1H3,(H2,12,13,14,15). The molecule has 0 amide bonds. The summed E-state index contributed by atoms with van der Waals surface area (Å²) >= 11 is 0. The van der Waals surface area contributed by atoms with E-state index in [-0.39, 0.29) is 0 Å². The Kier molecular flexibility index (Phi) is 3.93. The van der Waals surface area contributed by atoms with Gasteiger partial charge in [-0.05, 0) is 25.3 Å². The minimum absolute atomic E-state index is 0.622. The average molecular weight is 222 g/mol. The van der Waals surface area contributed by atoms with Crippen molar-refractivity contribution in [2.45, 2.75) is 25.3 Å². The fraction of sp³-hybridized carbons (Fsp3) is 0.636. The van der Waals surface area contributed by atoms with Crippen LogP contribution >= 0.6 is 0 Å². The summed E-state index contributed by atoms with van der Waals surface area (Å²) in [6.45, 7) is 1.59. The second-order valence-corrected chi connectivity index (χ2v) is 3.96. The maximum Gasteiger partial charge on any atom is 0.224 e. The van der Waals surface area contributed by atoms with Crippen molar-refractivity contribution in [1.29, 1.82) is 0 Å². The van der Waals surface area contributed by atoms with Gasteiger partial charge >= 0.3 is 0 Å². The zero-order valence-corrected chi connectivity index (χ0v) is 9.57. The molecule has 1 heterocycles. The minimum Gasteiger partial charge on any atom is -0.385 e. The minimum atomic E-state index is 0.622. The molecule has 16 heavy (non-hydrogen) atoms. The highest BCUT2D eigenvalue weighted by Crippen LogP contribution is 2.23. The van der Waals surface area contributed by atoms with E-state index >= 15 is 0 Å². The Bertz CT molecular complexity index is 328. The van der Waals surface area contributed by atoms with Gasteiger partial charge in [-0.2, -0.15) is 4.98 Å². The van der Waals surface area contributed by atoms with Gasteiger partial charge in [0.25, 0.3) is 0 Å². The molecule has 0 saturated heterocycles. The molecule has 0 aliphatic heterocycles. The Balaban J connectivity index is 1.78. The molecule has 0 spiro atoms. The maximum absolute atomic E-state index is 4.97. The number of hydrogen-bond donors (Lipinski definition) is 2. The highest BCUT2D eigenvalue weighted by atomic mass is 16.5. The van der Waals surface area contributed by atoms with Gasteiger partial charge < -0.3 is 15.4 Å². The third kappa shape index (κ3) is 3.66. The van der Waals surface area contributed by atoms with Gasteiger partial charge in [-0.1, -0.05) is 0 Å². The monoisotopic (exact) mass is 222 g/mol. The molecule has 0 bridgehead atoms. The van der Waals surface area contributed by atoms with E-state index in [2.05, 4.69) is 20.6 Å². The van der Waals surface area contributed by atoms with Gasteiger partial charge in [-0.15, -0.1) is 0 Å². The molecule has 1 aromatic rings. The molecule has 1 aromatic heterocycles. The van der Waals surface area contributed by atoms with Gasteiger partial charge in [0.05, 0.1) is 0 Å². The molecule has 88 valence electrons. The second kappa shape index (κ2) is 5.65. The Morgan fingerprint density at radius 3 is 3.12 bits per heavy atom. The SMILES string of the molecule is COCCCNc1nccc(NC2CC2)n1. The van der Waals surface area contributed by atoms with Crippen molar-refractivity contribution in [3.63, 3.8) is 0 Å². The number of methoxy groups -OCH3 is 1. The van der Waals surface area contributed by atoms with E-state index in [1.54, 1.807) is 13.3 Å². The number of anilines is 2. The number of hydrogen-bond acceptors (Lipinski definition) is 5. The van der Waals surface area contributed by atoms with Crippen LogP contribution in [0.3, 0.4) is 0 Å². The zero-order valence-electron chi connectivity index (χ0n) is 9.57. The van der Waals surface area contributed by atoms with Crippen molar-refractivity contribution in [1.82, 2.24) is 9.97 Å². The van der Waals surface area contributed by atoms with Gasteiger partial charge in [0.1, 0.15) is 5.82 Å². The molecule has 1 aliphatic rings. The van der Waals surface area contributed by atoms with Gasteiger partial charge in [-0.3, -0.25) is 0 Å². The first-order valence-corrected chi connectivity index (χ1v) is 5.71. The summed E-state index contributed by atoms with van der Waals surface area (Å²) in [5.74, 6) is 1.59. The number of nitrogens with one attached hydrogen (secondary N) is 2. The van der Waals surface area contributed by atoms with E-state index < -0.39 is 0 Å². The van der Waals surface area contributed by atoms with Gasteiger partial charge in [0, 0.05) is 32.5 Å². The Labute approximate surface area is 95.6 Å². The quantitative estimate of drug-likeness (QED) is 0.685. The van der Waals surface area contributed by atoms with Gasteiger partial charge in [0.2, 0.25) is 5.95 Å². The zero-order chi connectivity index (χ0) is 11.2. The number of aromatic nitrogens is 2. The first-order valence-electron chi connectivity index (χ1n) is 5.71. The van der Waals surface area contributed by atoms with E-state index in [4.69, 9.17) is 4.74 Å². The normalized spacial score (nSPS) is 14.8. The van der Waals surface area contributed by atoms with Crippen molar-refractivity contribution >= 4 is 11.8 Å². The lowest BCUT2D eigenvalue weighted by Gasteiger charge is -2.07. The lowest BCUT2D eigenvalue weighted by Crippen LogP contribution is -2.09. The summed E-state index contributed by atoms with van der Waals surface area (Å²) in [6.07, 6.45) is 5.23. The van der Waals surface area contributed by atoms with Crippen LogP contribution < -0.4 is 10.6 Å². The molecule has 1 fully saturated rings. The van der Waals surface area contributed by atoms with Crippen LogP contribution in [0.2, 0.25) is 0 Å². The summed E-state index contributed by atoms with van der Waals surface area (Å²) in [7, 11) is 1.71. The second-order valence-electron chi connectivity index (χ2n) is 3.96. The maximum atomic E-state index is 4.97. The molecular formula is C11H18N4O. The van der Waals surface area contributed by atoms with E-state index in [9.17, 15) is 0 Å². The Morgan fingerprint density at radius 1 is 1.50 bits per heavy atom. The molecule has 2 N–H and O–H groups in total. The van der Waals surface area contributed by atoms with Crippen LogP contribution in [0.5, 0.6) is 0 Å². The highest BCUT2D eigenvalue weighted by Gasteiger charge is 2.21. The third-order valence-corrected chi connectivity index (χ3v) is 2.39. The van der Waals surface area contributed by atoms with Crippen LogP contribution in [0, 0.1) is 0 Å². The van der Waals surface area contributed by atoms with Crippen molar-refractivity contribution in [2.24, 2.45) is 0 Å². The summed E-state index contributed by atoms with van der Waals surface area (Å²) < 4.78 is 4.97. The molecule has 1 aliphatic carbocycles. The molecule has 0 atom stereocenters. The lowest BCUT2D eigenvalue weighted by atomic mass is 10.4. The van der Waals surface area contributed by atoms with Gasteiger partial charge in [0.15, 0.2) is 0 Å². The van der Waals surface area contributed by atoms with E-state index in [1.807, 2.05) is 6.07 Å². The molecule has 0 radical (unpaired) electrons. The van der Waals surface area contributed by atoms with Crippen molar-refractivity contribution in [2.75, 3.05) is 30.9 Å². The molecule has 1 saturated carbocycles. The lowest BCUT2D eigenvalue weighted by molar-refractivity contribution is 0.197. The molecule has 5 nitrogen and oxygen atoms in total. The van der Waals surface area contributed by atoms with Crippen molar-refractivity contribution in [3.8, 4) is 0 Å². The van der Waals surface area contributed by atoms with Crippen LogP contribution in [0.1, 0.15) is 19.3 Å². The summed E-state index contributed by atoms with van der Waals surface area (Å²) in [4.78, 5) is 8.54. The average Bonchev–Trinajstić information content (AvgIpc) is 3.09. The number of rotatable bonds is 7. The first kappa shape index (κ1) is 11.1. The van der Waals surface area contributed by atoms with Crippen molar-refractivity contribution in [3.05, 3.63) is 12.3 Å². The summed E-state index contributed by atoms with van der Waals surface area (Å²) in [5, 5.41) is 6.51. The highest BCUT2D eigenvalue weighted by molar-refractivity contribution is 5.41. The fourth-order valence-electron chi connectivity index (χ4n) is 1.38. The Morgan fingerprint density at radius 2 is 2.38 bits per heavy atom. The van der Waals surface area contributed by atoms with Crippen LogP contribution in [0.4, 0.5) is 11.8 Å². The van der Waals surface area contributed by atoms with E-state index in [1.165, 1.54) is 12.8 Å². The number of ether oxygens (including phenoxy) is 1.